The quantitative estimate of drug-likeness (QED) is 0.450. The van der Waals surface area contributed by atoms with Gasteiger partial charge in [-0.2, -0.15) is 0 Å². The van der Waals surface area contributed by atoms with Gasteiger partial charge in [-0.25, -0.2) is 0 Å². The average Bonchev–Trinajstić information content (AvgIpc) is 3.13. The van der Waals surface area contributed by atoms with Gasteiger partial charge in [0.2, 0.25) is 0 Å². The third kappa shape index (κ3) is 2.92. The van der Waals surface area contributed by atoms with E-state index in [2.05, 4.69) is 11.5 Å². The second kappa shape index (κ2) is 7.30. The van der Waals surface area contributed by atoms with Crippen LogP contribution in [0.25, 0.3) is 10.9 Å². The molecule has 4 aromatic rings. The Labute approximate surface area is 175 Å². The summed E-state index contributed by atoms with van der Waals surface area (Å²) in [6, 6.07) is 26.5. The van der Waals surface area contributed by atoms with Crippen LogP contribution in [0.2, 0.25) is 0 Å². The molecule has 0 radical (unpaired) electrons. The first kappa shape index (κ1) is 18.4. The highest BCUT2D eigenvalue weighted by Gasteiger charge is 2.34. The van der Waals surface area contributed by atoms with Gasteiger partial charge in [0.25, 0.3) is 5.91 Å². The summed E-state index contributed by atoms with van der Waals surface area (Å²) < 4.78 is 2.14. The largest absolute Gasteiger partial charge is 0.326 e. The van der Waals surface area contributed by atoms with Gasteiger partial charge in [0.05, 0.1) is 11.1 Å². The molecule has 0 unspecified atom stereocenters. The highest BCUT2D eigenvalue weighted by Crippen LogP contribution is 2.39. The van der Waals surface area contributed by atoms with Gasteiger partial charge in [0, 0.05) is 29.6 Å². The Bertz CT molecular complexity index is 1240. The number of para-hydroxylation sites is 1. The average molecular weight is 394 g/mol. The third-order valence-electron chi connectivity index (χ3n) is 5.72. The molecule has 1 aliphatic rings. The standard InChI is InChI=1S/C26H22N2O2/c1-18-16-27-22-15-9-8-14-21(22)23(24(29)19-10-4-2-5-11-19)25(27)28(17-18)26(30)20-12-6-3-7-13-20/h2-15,18H,16-17H2,1H3/t18-/m1/s1. The summed E-state index contributed by atoms with van der Waals surface area (Å²) in [6.45, 7) is 3.50. The minimum atomic E-state index is -0.0756. The molecule has 0 spiro atoms. The first-order chi connectivity index (χ1) is 14.6. The van der Waals surface area contributed by atoms with Gasteiger partial charge in [-0.15, -0.1) is 0 Å². The Kier molecular flexibility index (Phi) is 4.47. The van der Waals surface area contributed by atoms with Gasteiger partial charge in [-0.05, 0) is 24.1 Å². The molecule has 2 heterocycles. The van der Waals surface area contributed by atoms with E-state index in [-0.39, 0.29) is 17.6 Å². The van der Waals surface area contributed by atoms with E-state index in [1.54, 1.807) is 4.90 Å². The summed E-state index contributed by atoms with van der Waals surface area (Å²) in [5, 5.41) is 0.890. The predicted molar refractivity (Wildman–Crippen MR) is 119 cm³/mol. The lowest BCUT2D eigenvalue weighted by atomic mass is 10.00. The summed E-state index contributed by atoms with van der Waals surface area (Å²) in [5.41, 5.74) is 2.85. The highest BCUT2D eigenvalue weighted by molar-refractivity contribution is 6.22. The molecule has 0 N–H and O–H groups in total. The van der Waals surface area contributed by atoms with Crippen LogP contribution in [0.4, 0.5) is 5.82 Å². The number of ketones is 1. The minimum absolute atomic E-state index is 0.0547. The minimum Gasteiger partial charge on any atom is -0.326 e. The van der Waals surface area contributed by atoms with E-state index in [0.29, 0.717) is 29.1 Å². The normalized spacial score (nSPS) is 15.8. The first-order valence-electron chi connectivity index (χ1n) is 10.2. The number of carbonyl (C=O) groups is 2. The van der Waals surface area contributed by atoms with Crippen LogP contribution >= 0.6 is 0 Å². The van der Waals surface area contributed by atoms with E-state index >= 15 is 0 Å². The molecular formula is C26H22N2O2. The molecule has 1 amide bonds. The maximum absolute atomic E-state index is 13.6. The van der Waals surface area contributed by atoms with Crippen LogP contribution in [0, 0.1) is 5.92 Å². The van der Waals surface area contributed by atoms with Crippen molar-refractivity contribution in [3.63, 3.8) is 0 Å². The molecule has 0 aliphatic carbocycles. The third-order valence-corrected chi connectivity index (χ3v) is 5.72. The molecule has 0 fully saturated rings. The van der Waals surface area contributed by atoms with E-state index in [9.17, 15) is 9.59 Å². The molecule has 0 bridgehead atoms. The fourth-order valence-electron chi connectivity index (χ4n) is 4.40. The van der Waals surface area contributed by atoms with E-state index < -0.39 is 0 Å². The molecule has 4 heteroatoms. The Balaban J connectivity index is 1.76. The number of rotatable bonds is 3. The van der Waals surface area contributed by atoms with Crippen LogP contribution in [0.1, 0.15) is 33.2 Å². The second-order valence-electron chi connectivity index (χ2n) is 7.91. The lowest BCUT2D eigenvalue weighted by Crippen LogP contribution is -2.42. The van der Waals surface area contributed by atoms with Gasteiger partial charge >= 0.3 is 0 Å². The zero-order valence-electron chi connectivity index (χ0n) is 16.8. The van der Waals surface area contributed by atoms with Crippen molar-refractivity contribution in [2.24, 2.45) is 5.92 Å². The van der Waals surface area contributed by atoms with Gasteiger partial charge in [0.15, 0.2) is 5.78 Å². The molecule has 148 valence electrons. The molecule has 30 heavy (non-hydrogen) atoms. The maximum Gasteiger partial charge on any atom is 0.259 e. The number of hydrogen-bond acceptors (Lipinski definition) is 2. The van der Waals surface area contributed by atoms with Crippen LogP contribution in [-0.2, 0) is 6.54 Å². The molecule has 1 atom stereocenters. The van der Waals surface area contributed by atoms with Gasteiger partial charge < -0.3 is 4.57 Å². The summed E-state index contributed by atoms with van der Waals surface area (Å²) in [7, 11) is 0. The first-order valence-corrected chi connectivity index (χ1v) is 10.2. The number of benzene rings is 3. The Morgan fingerprint density at radius 1 is 0.767 bits per heavy atom. The van der Waals surface area contributed by atoms with E-state index in [4.69, 9.17) is 0 Å². The number of hydrogen-bond donors (Lipinski definition) is 0. The van der Waals surface area contributed by atoms with Crippen molar-refractivity contribution in [3.8, 4) is 0 Å². The summed E-state index contributed by atoms with van der Waals surface area (Å²) in [6.07, 6.45) is 0. The van der Waals surface area contributed by atoms with Crippen molar-refractivity contribution < 1.29 is 9.59 Å². The van der Waals surface area contributed by atoms with Crippen molar-refractivity contribution in [2.75, 3.05) is 11.4 Å². The maximum atomic E-state index is 13.6. The van der Waals surface area contributed by atoms with Crippen LogP contribution in [-0.4, -0.2) is 22.8 Å². The zero-order valence-corrected chi connectivity index (χ0v) is 16.8. The van der Waals surface area contributed by atoms with Crippen LogP contribution < -0.4 is 4.90 Å². The summed E-state index contributed by atoms with van der Waals surface area (Å²) in [5.74, 6) is 0.854. The van der Waals surface area contributed by atoms with Crippen molar-refractivity contribution >= 4 is 28.4 Å². The smallest absolute Gasteiger partial charge is 0.259 e. The van der Waals surface area contributed by atoms with Crippen LogP contribution in [0.5, 0.6) is 0 Å². The Hall–Kier alpha value is -3.66. The van der Waals surface area contributed by atoms with Gasteiger partial charge in [-0.3, -0.25) is 14.5 Å². The molecule has 3 aromatic carbocycles. The SMILES string of the molecule is C[C@H]1CN(C(=O)c2ccccc2)c2c(C(=O)c3ccccc3)c3ccccc3n2C1. The molecule has 1 aromatic heterocycles. The Morgan fingerprint density at radius 3 is 2.07 bits per heavy atom. The fourth-order valence-corrected chi connectivity index (χ4v) is 4.40. The van der Waals surface area contributed by atoms with E-state index in [1.807, 2.05) is 84.9 Å². The number of amides is 1. The topological polar surface area (TPSA) is 42.3 Å². The lowest BCUT2D eigenvalue weighted by molar-refractivity contribution is 0.0976. The monoisotopic (exact) mass is 394 g/mol. The second-order valence-corrected chi connectivity index (χ2v) is 7.91. The molecular weight excluding hydrogens is 372 g/mol. The summed E-state index contributed by atoms with van der Waals surface area (Å²) >= 11 is 0. The van der Waals surface area contributed by atoms with Crippen molar-refractivity contribution in [3.05, 3.63) is 102 Å². The molecule has 0 saturated carbocycles. The van der Waals surface area contributed by atoms with E-state index in [0.717, 1.165) is 17.4 Å². The van der Waals surface area contributed by atoms with Gasteiger partial charge in [0.1, 0.15) is 5.82 Å². The molecule has 0 saturated heterocycles. The molecule has 4 nitrogen and oxygen atoms in total. The van der Waals surface area contributed by atoms with Crippen molar-refractivity contribution in [1.29, 1.82) is 0 Å². The molecule has 1 aliphatic heterocycles. The lowest BCUT2D eigenvalue weighted by Gasteiger charge is -2.34. The number of nitrogens with zero attached hydrogens (tertiary/aromatic N) is 2. The zero-order chi connectivity index (χ0) is 20.7. The number of fused-ring (bicyclic) bond motifs is 3. The fraction of sp³-hybridized carbons (Fsp3) is 0.154. The highest BCUT2D eigenvalue weighted by atomic mass is 16.2. The summed E-state index contributed by atoms with van der Waals surface area (Å²) in [4.78, 5) is 28.9. The van der Waals surface area contributed by atoms with Crippen LogP contribution in [0.15, 0.2) is 84.9 Å². The van der Waals surface area contributed by atoms with Crippen LogP contribution in [0.3, 0.4) is 0 Å². The van der Waals surface area contributed by atoms with Gasteiger partial charge in [-0.1, -0.05) is 73.7 Å². The predicted octanol–water partition coefficient (Wildman–Crippen LogP) is 5.17. The van der Waals surface area contributed by atoms with Crippen molar-refractivity contribution in [2.45, 2.75) is 13.5 Å². The molecule has 5 rings (SSSR count). The van der Waals surface area contributed by atoms with Crippen molar-refractivity contribution in [1.82, 2.24) is 4.57 Å². The van der Waals surface area contributed by atoms with E-state index in [1.165, 1.54) is 0 Å². The Morgan fingerprint density at radius 2 is 1.37 bits per heavy atom. The number of carbonyl (C=O) groups excluding carboxylic acids is 2. The number of anilines is 1. The number of aromatic nitrogens is 1.